The second kappa shape index (κ2) is 32.0. The first-order valence-corrected chi connectivity index (χ1v) is 20.2. The van der Waals surface area contributed by atoms with Crippen LogP contribution < -0.4 is 0 Å². The van der Waals surface area contributed by atoms with Gasteiger partial charge in [-0.1, -0.05) is 127 Å². The van der Waals surface area contributed by atoms with Crippen molar-refractivity contribution in [3.8, 4) is 0 Å². The molecule has 0 heterocycles. The van der Waals surface area contributed by atoms with Gasteiger partial charge in [0.25, 0.3) is 0 Å². The fourth-order valence-corrected chi connectivity index (χ4v) is 5.54. The summed E-state index contributed by atoms with van der Waals surface area (Å²) in [5.74, 6) is -0.325. The lowest BCUT2D eigenvalue weighted by molar-refractivity contribution is -0.870. The van der Waals surface area contributed by atoms with Crippen molar-refractivity contribution >= 4 is 13.8 Å². The summed E-state index contributed by atoms with van der Waals surface area (Å²) in [4.78, 5) is 22.7. The molecule has 0 aliphatic carbocycles. The van der Waals surface area contributed by atoms with Gasteiger partial charge >= 0.3 is 13.8 Å². The Morgan fingerprint density at radius 1 is 0.681 bits per heavy atom. The molecule has 2 atom stereocenters. The Morgan fingerprint density at radius 3 is 1.85 bits per heavy atom. The highest BCUT2D eigenvalue weighted by atomic mass is 31.2. The summed E-state index contributed by atoms with van der Waals surface area (Å²) in [7, 11) is 1.65. The van der Waals surface area contributed by atoms with Crippen LogP contribution in [0.3, 0.4) is 0 Å². The van der Waals surface area contributed by atoms with Gasteiger partial charge in [0.2, 0.25) is 0 Å². The van der Waals surface area contributed by atoms with Gasteiger partial charge in [0.05, 0.1) is 34.4 Å². The molecule has 0 bridgehead atoms. The number of phosphoric acid groups is 1. The van der Waals surface area contributed by atoms with Gasteiger partial charge in [0.1, 0.15) is 19.3 Å². The minimum atomic E-state index is -4.27. The van der Waals surface area contributed by atoms with Crippen LogP contribution in [-0.2, 0) is 27.9 Å². The second-order valence-corrected chi connectivity index (χ2v) is 15.0. The average Bonchev–Trinajstić information content (AvgIpc) is 3.01. The summed E-state index contributed by atoms with van der Waals surface area (Å²) >= 11 is 0. The number of carbonyl (C=O) groups excluding carboxylic acids is 1. The smallest absolute Gasteiger partial charge is 0.457 e. The largest absolute Gasteiger partial charge is 0.472 e. The molecule has 0 spiro atoms. The molecule has 276 valence electrons. The van der Waals surface area contributed by atoms with Crippen LogP contribution >= 0.6 is 7.82 Å². The number of phosphoric ester groups is 1. The number of rotatable bonds is 34. The van der Waals surface area contributed by atoms with Crippen molar-refractivity contribution in [2.24, 2.45) is 0 Å². The first-order valence-electron chi connectivity index (χ1n) is 18.7. The lowest BCUT2D eigenvalue weighted by Crippen LogP contribution is -2.37. The van der Waals surface area contributed by atoms with Gasteiger partial charge in [-0.25, -0.2) is 4.57 Å². The molecule has 0 radical (unpaired) electrons. The third-order valence-electron chi connectivity index (χ3n) is 7.72. The topological polar surface area (TPSA) is 91.3 Å². The van der Waals surface area contributed by atoms with Crippen LogP contribution in [0.2, 0.25) is 0 Å². The minimum absolute atomic E-state index is 0.0842. The Balaban J connectivity index is 4.35. The van der Waals surface area contributed by atoms with Crippen molar-refractivity contribution in [1.82, 2.24) is 0 Å². The molecule has 47 heavy (non-hydrogen) atoms. The number of carbonyl (C=O) groups is 1. The zero-order valence-corrected chi connectivity index (χ0v) is 31.9. The highest BCUT2D eigenvalue weighted by molar-refractivity contribution is 7.47. The van der Waals surface area contributed by atoms with E-state index in [0.29, 0.717) is 24.1 Å². The van der Waals surface area contributed by atoms with E-state index < -0.39 is 13.9 Å². The number of unbranched alkanes of at least 4 members (excludes halogenated alkanes) is 14. The summed E-state index contributed by atoms with van der Waals surface area (Å²) in [5.41, 5.74) is 0. The quantitative estimate of drug-likeness (QED) is 0.0237. The Morgan fingerprint density at radius 2 is 1.23 bits per heavy atom. The third kappa shape index (κ3) is 35.8. The van der Waals surface area contributed by atoms with E-state index >= 15 is 0 Å². The second-order valence-electron chi connectivity index (χ2n) is 13.6. The predicted molar refractivity (Wildman–Crippen MR) is 196 cm³/mol. The molecule has 2 unspecified atom stereocenters. The zero-order valence-electron chi connectivity index (χ0n) is 31.0. The van der Waals surface area contributed by atoms with Gasteiger partial charge in [0.15, 0.2) is 0 Å². The summed E-state index contributed by atoms with van der Waals surface area (Å²) < 4.78 is 34.8. The first-order chi connectivity index (χ1) is 22.6. The molecule has 0 aromatic carbocycles. The number of esters is 1. The van der Waals surface area contributed by atoms with Crippen LogP contribution in [0.1, 0.15) is 142 Å². The number of likely N-dealkylation sites (N-methyl/N-ethyl adjacent to an activating group) is 1. The van der Waals surface area contributed by atoms with Gasteiger partial charge in [-0.05, 0) is 44.9 Å². The highest BCUT2D eigenvalue weighted by Gasteiger charge is 2.26. The van der Waals surface area contributed by atoms with E-state index in [-0.39, 0.29) is 25.8 Å². The number of quaternary nitrogens is 1. The molecule has 0 aliphatic rings. The third-order valence-corrected chi connectivity index (χ3v) is 8.70. The molecule has 1 N–H and O–H groups in total. The van der Waals surface area contributed by atoms with Gasteiger partial charge in [-0.3, -0.25) is 13.8 Å². The van der Waals surface area contributed by atoms with Crippen LogP contribution in [0.5, 0.6) is 0 Å². The number of ether oxygens (including phenoxy) is 2. The predicted octanol–water partition coefficient (Wildman–Crippen LogP) is 10.3. The van der Waals surface area contributed by atoms with Crippen LogP contribution in [-0.4, -0.2) is 75.6 Å². The molecule has 9 heteroatoms. The van der Waals surface area contributed by atoms with E-state index in [4.69, 9.17) is 18.5 Å². The zero-order chi connectivity index (χ0) is 34.9. The molecule has 0 aliphatic heterocycles. The summed E-state index contributed by atoms with van der Waals surface area (Å²) in [6.45, 7) is 5.43. The summed E-state index contributed by atoms with van der Waals surface area (Å²) in [5, 5.41) is 0. The molecule has 0 saturated heterocycles. The molecule has 0 saturated carbocycles. The van der Waals surface area contributed by atoms with E-state index in [9.17, 15) is 14.3 Å². The highest BCUT2D eigenvalue weighted by Crippen LogP contribution is 2.43. The Kier molecular flexibility index (Phi) is 31.1. The van der Waals surface area contributed by atoms with Crippen LogP contribution in [0.15, 0.2) is 36.5 Å². The Bertz CT molecular complexity index is 853. The lowest BCUT2D eigenvalue weighted by Gasteiger charge is -2.24. The van der Waals surface area contributed by atoms with Crippen molar-refractivity contribution < 1.29 is 37.3 Å². The maximum Gasteiger partial charge on any atom is 0.472 e. The standard InChI is InChI=1S/C38H72NO7P/c1-6-8-10-12-14-16-18-19-20-22-24-26-28-30-33-43-35-37(36-45-47(41,42)44-34-32-39(3,4)5)46-38(40)31-29-27-25-23-21-17-15-13-11-9-7-2/h8,10,14,16,19-20,37H,6-7,9,11-13,15,17-18,21-36H2,1-5H3/p+1/b10-8-,16-14-,20-19-. The van der Waals surface area contributed by atoms with Crippen molar-refractivity contribution in [3.63, 3.8) is 0 Å². The fourth-order valence-electron chi connectivity index (χ4n) is 4.80. The Hall–Kier alpha value is -1.28. The maximum absolute atomic E-state index is 12.6. The van der Waals surface area contributed by atoms with Gasteiger partial charge in [-0.15, -0.1) is 0 Å². The molecule has 8 nitrogen and oxygen atoms in total. The first kappa shape index (κ1) is 45.7. The number of hydrogen-bond acceptors (Lipinski definition) is 6. The molecule has 0 amide bonds. The molecular weight excluding hydrogens is 613 g/mol. The fraction of sp³-hybridized carbons (Fsp3) is 0.816. The monoisotopic (exact) mass is 687 g/mol. The van der Waals surface area contributed by atoms with Crippen molar-refractivity contribution in [1.29, 1.82) is 0 Å². The maximum atomic E-state index is 12.6. The van der Waals surface area contributed by atoms with Crippen molar-refractivity contribution in [3.05, 3.63) is 36.5 Å². The van der Waals surface area contributed by atoms with Crippen LogP contribution in [0.4, 0.5) is 0 Å². The van der Waals surface area contributed by atoms with Gasteiger partial charge in [-0.2, -0.15) is 0 Å². The minimum Gasteiger partial charge on any atom is -0.457 e. The number of nitrogens with zero attached hydrogens (tertiary/aromatic N) is 1. The van der Waals surface area contributed by atoms with Gasteiger partial charge in [0, 0.05) is 13.0 Å². The van der Waals surface area contributed by atoms with E-state index in [1.54, 1.807) is 0 Å². The molecular formula is C38H73NO7P+. The molecule has 0 aromatic rings. The van der Waals surface area contributed by atoms with Crippen LogP contribution in [0.25, 0.3) is 0 Å². The summed E-state index contributed by atoms with van der Waals surface area (Å²) in [6.07, 6.45) is 34.6. The van der Waals surface area contributed by atoms with E-state index in [0.717, 1.165) is 70.6 Å². The molecule has 0 fully saturated rings. The normalized spacial score (nSPS) is 14.4. The Labute approximate surface area is 289 Å². The lowest BCUT2D eigenvalue weighted by atomic mass is 10.1. The van der Waals surface area contributed by atoms with Crippen molar-refractivity contribution in [2.75, 3.05) is 54.1 Å². The van der Waals surface area contributed by atoms with E-state index in [1.807, 2.05) is 21.1 Å². The van der Waals surface area contributed by atoms with Gasteiger partial charge < -0.3 is 18.9 Å². The number of allylic oxidation sites excluding steroid dienone is 6. The summed E-state index contributed by atoms with van der Waals surface area (Å²) in [6, 6.07) is 0. The number of hydrogen-bond donors (Lipinski definition) is 1. The molecule has 0 aromatic heterocycles. The average molecular weight is 687 g/mol. The molecule has 0 rings (SSSR count). The van der Waals surface area contributed by atoms with Crippen LogP contribution in [0, 0.1) is 0 Å². The van der Waals surface area contributed by atoms with Crippen molar-refractivity contribution in [2.45, 2.75) is 148 Å². The van der Waals surface area contributed by atoms with E-state index in [2.05, 4.69) is 50.3 Å². The SMILES string of the molecule is CC/C=C\C/C=C\C/C=C\CCCCCCOCC(COP(=O)(O)OCC[N+](C)(C)C)OC(=O)CCCCCCCCCCCCC. The van der Waals surface area contributed by atoms with E-state index in [1.165, 1.54) is 51.4 Å².